The Kier molecular flexibility index (Phi) is 5.25. The van der Waals surface area contributed by atoms with Crippen LogP contribution in [0.15, 0.2) is 47.4 Å². The predicted molar refractivity (Wildman–Crippen MR) is 82.8 cm³/mol. The van der Waals surface area contributed by atoms with Crippen molar-refractivity contribution < 1.29 is 23.1 Å². The van der Waals surface area contributed by atoms with Crippen LogP contribution in [0.1, 0.15) is 15.9 Å². The normalized spacial score (nSPS) is 11.2. The molecule has 0 atom stereocenters. The van der Waals surface area contributed by atoms with E-state index in [2.05, 4.69) is 4.72 Å². The molecule has 2 aromatic carbocycles. The van der Waals surface area contributed by atoms with E-state index in [4.69, 9.17) is 16.3 Å². The van der Waals surface area contributed by atoms with E-state index in [0.29, 0.717) is 10.6 Å². The second-order valence-electron chi connectivity index (χ2n) is 4.60. The molecule has 0 bridgehead atoms. The molecule has 1 N–H and O–H groups in total. The molecular weight excluding hydrogens is 342 g/mol. The Balaban J connectivity index is 2.29. The minimum atomic E-state index is -3.97. The summed E-state index contributed by atoms with van der Waals surface area (Å²) >= 11 is 5.77. The van der Waals surface area contributed by atoms with Crippen molar-refractivity contribution in [1.82, 2.24) is 4.72 Å². The molecular formula is C15H13ClNO5S-. The fourth-order valence-corrected chi connectivity index (χ4v) is 3.21. The Hall–Kier alpha value is -2.09. The van der Waals surface area contributed by atoms with Crippen molar-refractivity contribution >= 4 is 27.6 Å². The van der Waals surface area contributed by atoms with Gasteiger partial charge in [0.1, 0.15) is 10.6 Å². The van der Waals surface area contributed by atoms with Crippen LogP contribution in [0.3, 0.4) is 0 Å². The Morgan fingerprint density at radius 3 is 2.43 bits per heavy atom. The number of carbonyl (C=O) groups is 1. The molecule has 0 aliphatic rings. The minimum absolute atomic E-state index is 0.0260. The molecule has 2 rings (SSSR count). The average Bonchev–Trinajstić information content (AvgIpc) is 2.53. The van der Waals surface area contributed by atoms with Crippen molar-refractivity contribution in [3.8, 4) is 5.75 Å². The van der Waals surface area contributed by atoms with Crippen LogP contribution in [0.2, 0.25) is 5.02 Å². The molecule has 0 radical (unpaired) electrons. The topological polar surface area (TPSA) is 95.5 Å². The molecule has 8 heteroatoms. The summed E-state index contributed by atoms with van der Waals surface area (Å²) < 4.78 is 32.2. The lowest BCUT2D eigenvalue weighted by atomic mass is 10.2. The van der Waals surface area contributed by atoms with E-state index in [1.165, 1.54) is 19.2 Å². The van der Waals surface area contributed by atoms with E-state index in [1.54, 1.807) is 24.3 Å². The van der Waals surface area contributed by atoms with E-state index in [9.17, 15) is 18.3 Å². The summed E-state index contributed by atoms with van der Waals surface area (Å²) in [6, 6.07) is 10.1. The number of hydrogen-bond acceptors (Lipinski definition) is 5. The summed E-state index contributed by atoms with van der Waals surface area (Å²) in [5.74, 6) is -1.43. The summed E-state index contributed by atoms with van der Waals surface area (Å²) in [4.78, 5) is 10.6. The van der Waals surface area contributed by atoms with Crippen LogP contribution in [0.5, 0.6) is 5.75 Å². The number of hydrogen-bond donors (Lipinski definition) is 1. The van der Waals surface area contributed by atoms with Crippen LogP contribution in [0.25, 0.3) is 0 Å². The zero-order chi connectivity index (χ0) is 17.0. The highest BCUT2D eigenvalue weighted by atomic mass is 35.5. The minimum Gasteiger partial charge on any atom is -0.545 e. The molecule has 0 spiro atoms. The fraction of sp³-hybridized carbons (Fsp3) is 0.133. The fourth-order valence-electron chi connectivity index (χ4n) is 1.87. The average molecular weight is 355 g/mol. The lowest BCUT2D eigenvalue weighted by Gasteiger charge is -2.13. The third-order valence-corrected chi connectivity index (χ3v) is 4.74. The molecule has 0 aromatic heterocycles. The smallest absolute Gasteiger partial charge is 0.244 e. The standard InChI is InChI=1S/C15H14ClNO5S/c1-22-13-7-4-11(15(18)19)8-14(13)23(20,21)17-9-10-2-5-12(16)6-3-10/h2-8,17H,9H2,1H3,(H,18,19)/p-1. The first kappa shape index (κ1) is 17.3. The summed E-state index contributed by atoms with van der Waals surface area (Å²) in [6.07, 6.45) is 0. The van der Waals surface area contributed by atoms with Crippen LogP contribution < -0.4 is 14.6 Å². The molecule has 0 amide bonds. The maximum absolute atomic E-state index is 12.4. The monoisotopic (exact) mass is 354 g/mol. The molecule has 2 aromatic rings. The molecule has 0 aliphatic heterocycles. The van der Waals surface area contributed by atoms with Crippen molar-refractivity contribution in [3.63, 3.8) is 0 Å². The second kappa shape index (κ2) is 6.99. The Labute approximate surface area is 138 Å². The maximum atomic E-state index is 12.4. The largest absolute Gasteiger partial charge is 0.545 e. The lowest BCUT2D eigenvalue weighted by molar-refractivity contribution is -0.255. The van der Waals surface area contributed by atoms with E-state index >= 15 is 0 Å². The number of benzene rings is 2. The maximum Gasteiger partial charge on any atom is 0.244 e. The molecule has 23 heavy (non-hydrogen) atoms. The number of ether oxygens (including phenoxy) is 1. The molecule has 0 unspecified atom stereocenters. The van der Waals surface area contributed by atoms with Crippen LogP contribution in [0, 0.1) is 0 Å². The quantitative estimate of drug-likeness (QED) is 0.840. The van der Waals surface area contributed by atoms with E-state index in [-0.39, 0.29) is 22.8 Å². The molecule has 6 nitrogen and oxygen atoms in total. The number of rotatable bonds is 6. The van der Waals surface area contributed by atoms with Crippen molar-refractivity contribution in [2.24, 2.45) is 0 Å². The highest BCUT2D eigenvalue weighted by molar-refractivity contribution is 7.89. The van der Waals surface area contributed by atoms with Gasteiger partial charge in [-0.3, -0.25) is 0 Å². The molecule has 122 valence electrons. The Morgan fingerprint density at radius 2 is 1.87 bits per heavy atom. The first-order valence-electron chi connectivity index (χ1n) is 6.47. The van der Waals surface area contributed by atoms with Crippen LogP contribution in [-0.4, -0.2) is 21.5 Å². The summed E-state index contributed by atoms with van der Waals surface area (Å²) in [6.45, 7) is 0.0260. The number of methoxy groups -OCH3 is 1. The third-order valence-electron chi connectivity index (χ3n) is 3.07. The van der Waals surface area contributed by atoms with Gasteiger partial charge in [-0.2, -0.15) is 0 Å². The number of carboxylic acid groups (broad SMARTS) is 1. The van der Waals surface area contributed by atoms with Crippen molar-refractivity contribution in [1.29, 1.82) is 0 Å². The molecule has 0 saturated carbocycles. The van der Waals surface area contributed by atoms with E-state index < -0.39 is 16.0 Å². The third kappa shape index (κ3) is 4.22. The van der Waals surface area contributed by atoms with Crippen LogP contribution >= 0.6 is 11.6 Å². The van der Waals surface area contributed by atoms with Crippen LogP contribution in [0.4, 0.5) is 0 Å². The molecule has 0 aliphatic carbocycles. The van der Waals surface area contributed by atoms with Gasteiger partial charge in [0.25, 0.3) is 0 Å². The highest BCUT2D eigenvalue weighted by Gasteiger charge is 2.20. The van der Waals surface area contributed by atoms with Gasteiger partial charge in [0.2, 0.25) is 10.0 Å². The first-order chi connectivity index (χ1) is 10.8. The summed E-state index contributed by atoms with van der Waals surface area (Å²) in [5.41, 5.74) is 0.450. The number of carbonyl (C=O) groups excluding carboxylic acids is 1. The van der Waals surface area contributed by atoms with E-state index in [1.807, 2.05) is 0 Å². The molecule has 0 fully saturated rings. The molecule has 0 saturated heterocycles. The number of sulfonamides is 1. The van der Waals surface area contributed by atoms with Crippen molar-refractivity contribution in [2.75, 3.05) is 7.11 Å². The zero-order valence-electron chi connectivity index (χ0n) is 12.1. The van der Waals surface area contributed by atoms with Gasteiger partial charge in [0, 0.05) is 11.6 Å². The van der Waals surface area contributed by atoms with Gasteiger partial charge in [0.15, 0.2) is 0 Å². The van der Waals surface area contributed by atoms with Crippen molar-refractivity contribution in [3.05, 3.63) is 58.6 Å². The Bertz CT molecular complexity index is 818. The summed E-state index contributed by atoms with van der Waals surface area (Å²) in [5, 5.41) is 11.5. The number of aromatic carboxylic acids is 1. The van der Waals surface area contributed by atoms with Gasteiger partial charge >= 0.3 is 0 Å². The highest BCUT2D eigenvalue weighted by Crippen LogP contribution is 2.25. The SMILES string of the molecule is COc1ccc(C(=O)[O-])cc1S(=O)(=O)NCc1ccc(Cl)cc1. The van der Waals surface area contributed by atoms with Gasteiger partial charge in [-0.25, -0.2) is 13.1 Å². The van der Waals surface area contributed by atoms with Gasteiger partial charge in [0.05, 0.1) is 13.1 Å². The first-order valence-corrected chi connectivity index (χ1v) is 8.33. The predicted octanol–water partition coefficient (Wildman–Crippen LogP) is 1.19. The second-order valence-corrected chi connectivity index (χ2v) is 6.78. The number of halogens is 1. The summed E-state index contributed by atoms with van der Waals surface area (Å²) in [7, 11) is -2.67. The van der Waals surface area contributed by atoms with Gasteiger partial charge in [-0.15, -0.1) is 0 Å². The van der Waals surface area contributed by atoms with Crippen molar-refractivity contribution in [2.45, 2.75) is 11.4 Å². The van der Waals surface area contributed by atoms with Crippen LogP contribution in [-0.2, 0) is 16.6 Å². The van der Waals surface area contributed by atoms with Gasteiger partial charge < -0.3 is 14.6 Å². The molecule has 0 heterocycles. The number of carboxylic acids is 1. The van der Waals surface area contributed by atoms with Gasteiger partial charge in [-0.05, 0) is 41.5 Å². The van der Waals surface area contributed by atoms with E-state index in [0.717, 1.165) is 6.07 Å². The number of nitrogens with one attached hydrogen (secondary N) is 1. The lowest BCUT2D eigenvalue weighted by Crippen LogP contribution is -2.26. The zero-order valence-corrected chi connectivity index (χ0v) is 13.6. The van der Waals surface area contributed by atoms with Gasteiger partial charge in [-0.1, -0.05) is 23.7 Å². The Morgan fingerprint density at radius 1 is 1.22 bits per heavy atom.